The standard InChI is InChI=1S/C15H22ClN3O2/c1-2-6-17-11-12-13(16)4-3-5-14(12)21-10-9-19-8-7-18-15(19)20/h3-5,17H,2,6-11H2,1H3,(H,18,20). The Morgan fingerprint density at radius 2 is 2.33 bits per heavy atom. The van der Waals surface area contributed by atoms with Crippen molar-refractivity contribution in [1.82, 2.24) is 15.5 Å². The summed E-state index contributed by atoms with van der Waals surface area (Å²) in [6, 6.07) is 5.64. The predicted molar refractivity (Wildman–Crippen MR) is 83.9 cm³/mol. The molecule has 0 bridgehead atoms. The van der Waals surface area contributed by atoms with Gasteiger partial charge in [-0.15, -0.1) is 0 Å². The average molecular weight is 312 g/mol. The van der Waals surface area contributed by atoms with Crippen molar-refractivity contribution in [2.45, 2.75) is 19.9 Å². The molecule has 2 N–H and O–H groups in total. The summed E-state index contributed by atoms with van der Waals surface area (Å²) < 4.78 is 5.81. The lowest BCUT2D eigenvalue weighted by Gasteiger charge is -2.17. The maximum atomic E-state index is 11.4. The molecule has 0 aliphatic carbocycles. The van der Waals surface area contributed by atoms with Crippen molar-refractivity contribution < 1.29 is 9.53 Å². The Hall–Kier alpha value is -1.46. The first-order valence-electron chi connectivity index (χ1n) is 7.36. The second-order valence-electron chi connectivity index (χ2n) is 4.96. The molecule has 0 radical (unpaired) electrons. The number of nitrogens with zero attached hydrogens (tertiary/aromatic N) is 1. The number of benzene rings is 1. The van der Waals surface area contributed by atoms with Crippen molar-refractivity contribution in [3.8, 4) is 5.75 Å². The Labute approximate surface area is 130 Å². The van der Waals surface area contributed by atoms with Crippen LogP contribution in [0.15, 0.2) is 18.2 Å². The molecule has 2 rings (SSSR count). The van der Waals surface area contributed by atoms with Gasteiger partial charge in [-0.25, -0.2) is 4.79 Å². The third-order valence-corrected chi connectivity index (χ3v) is 3.72. The third kappa shape index (κ3) is 4.51. The van der Waals surface area contributed by atoms with Gasteiger partial charge in [-0.1, -0.05) is 24.6 Å². The van der Waals surface area contributed by atoms with E-state index >= 15 is 0 Å². The van der Waals surface area contributed by atoms with Crippen LogP contribution >= 0.6 is 11.6 Å². The molecule has 116 valence electrons. The molecule has 1 heterocycles. The van der Waals surface area contributed by atoms with Crippen LogP contribution in [0.25, 0.3) is 0 Å². The number of nitrogens with one attached hydrogen (secondary N) is 2. The molecule has 0 aromatic heterocycles. The summed E-state index contributed by atoms with van der Waals surface area (Å²) >= 11 is 6.24. The Kier molecular flexibility index (Phi) is 6.14. The van der Waals surface area contributed by atoms with Crippen LogP contribution in [0.1, 0.15) is 18.9 Å². The number of urea groups is 1. The first kappa shape index (κ1) is 15.9. The molecule has 1 aromatic rings. The van der Waals surface area contributed by atoms with Crippen LogP contribution in [0.5, 0.6) is 5.75 Å². The van der Waals surface area contributed by atoms with Gasteiger partial charge in [-0.2, -0.15) is 0 Å². The zero-order valence-electron chi connectivity index (χ0n) is 12.3. The molecule has 1 aromatic carbocycles. The highest BCUT2D eigenvalue weighted by atomic mass is 35.5. The van der Waals surface area contributed by atoms with E-state index in [2.05, 4.69) is 17.6 Å². The Bertz CT molecular complexity index is 482. The molecule has 1 aliphatic rings. The fraction of sp³-hybridized carbons (Fsp3) is 0.533. The van der Waals surface area contributed by atoms with E-state index in [4.69, 9.17) is 16.3 Å². The zero-order valence-corrected chi connectivity index (χ0v) is 13.1. The van der Waals surface area contributed by atoms with E-state index in [0.29, 0.717) is 31.3 Å². The lowest BCUT2D eigenvalue weighted by atomic mass is 10.2. The number of halogens is 1. The van der Waals surface area contributed by atoms with Gasteiger partial charge in [-0.05, 0) is 25.1 Å². The van der Waals surface area contributed by atoms with Gasteiger partial charge in [0.2, 0.25) is 0 Å². The molecule has 2 amide bonds. The summed E-state index contributed by atoms with van der Waals surface area (Å²) in [7, 11) is 0. The van der Waals surface area contributed by atoms with E-state index in [1.165, 1.54) is 0 Å². The normalized spacial score (nSPS) is 14.4. The van der Waals surface area contributed by atoms with Crippen molar-refractivity contribution in [3.63, 3.8) is 0 Å². The second kappa shape index (κ2) is 8.10. The van der Waals surface area contributed by atoms with Crippen LogP contribution in [0.4, 0.5) is 4.79 Å². The highest BCUT2D eigenvalue weighted by Crippen LogP contribution is 2.26. The van der Waals surface area contributed by atoms with E-state index in [9.17, 15) is 4.79 Å². The van der Waals surface area contributed by atoms with Gasteiger partial charge in [0.25, 0.3) is 0 Å². The minimum atomic E-state index is -0.0190. The molecule has 1 aliphatic heterocycles. The van der Waals surface area contributed by atoms with Crippen molar-refractivity contribution in [2.75, 3.05) is 32.8 Å². The lowest BCUT2D eigenvalue weighted by Crippen LogP contribution is -2.32. The minimum Gasteiger partial charge on any atom is -0.491 e. The fourth-order valence-corrected chi connectivity index (χ4v) is 2.46. The molecule has 1 fully saturated rings. The Morgan fingerprint density at radius 3 is 3.05 bits per heavy atom. The summed E-state index contributed by atoms with van der Waals surface area (Å²) in [6.07, 6.45) is 1.07. The van der Waals surface area contributed by atoms with Crippen LogP contribution in [-0.2, 0) is 6.54 Å². The van der Waals surface area contributed by atoms with Gasteiger partial charge in [0.15, 0.2) is 0 Å². The van der Waals surface area contributed by atoms with Gasteiger partial charge in [0.1, 0.15) is 12.4 Å². The van der Waals surface area contributed by atoms with E-state index in [-0.39, 0.29) is 6.03 Å². The lowest BCUT2D eigenvalue weighted by molar-refractivity contribution is 0.202. The largest absolute Gasteiger partial charge is 0.491 e. The summed E-state index contributed by atoms with van der Waals surface area (Å²) in [5.41, 5.74) is 0.971. The van der Waals surface area contributed by atoms with E-state index in [0.717, 1.165) is 30.8 Å². The van der Waals surface area contributed by atoms with Gasteiger partial charge >= 0.3 is 6.03 Å². The van der Waals surface area contributed by atoms with Crippen LogP contribution in [0.2, 0.25) is 5.02 Å². The first-order valence-corrected chi connectivity index (χ1v) is 7.74. The van der Waals surface area contributed by atoms with Crippen LogP contribution in [0, 0.1) is 0 Å². The molecule has 0 spiro atoms. The average Bonchev–Trinajstić information content (AvgIpc) is 2.87. The van der Waals surface area contributed by atoms with Gasteiger partial charge < -0.3 is 20.3 Å². The number of carbonyl (C=O) groups is 1. The van der Waals surface area contributed by atoms with Crippen molar-refractivity contribution in [1.29, 1.82) is 0 Å². The van der Waals surface area contributed by atoms with E-state index < -0.39 is 0 Å². The number of amides is 2. The predicted octanol–water partition coefficient (Wildman–Crippen LogP) is 2.24. The van der Waals surface area contributed by atoms with Crippen molar-refractivity contribution >= 4 is 17.6 Å². The molecule has 5 nitrogen and oxygen atoms in total. The second-order valence-corrected chi connectivity index (χ2v) is 5.37. The Balaban J connectivity index is 1.89. The third-order valence-electron chi connectivity index (χ3n) is 3.37. The number of hydrogen-bond acceptors (Lipinski definition) is 3. The van der Waals surface area contributed by atoms with Crippen LogP contribution in [0.3, 0.4) is 0 Å². The van der Waals surface area contributed by atoms with Gasteiger partial charge in [0.05, 0.1) is 6.54 Å². The topological polar surface area (TPSA) is 53.6 Å². The number of rotatable bonds is 8. The zero-order chi connectivity index (χ0) is 15.1. The molecular weight excluding hydrogens is 290 g/mol. The molecule has 0 saturated carbocycles. The summed E-state index contributed by atoms with van der Waals surface area (Å²) in [5.74, 6) is 0.783. The van der Waals surface area contributed by atoms with Crippen LogP contribution < -0.4 is 15.4 Å². The van der Waals surface area contributed by atoms with E-state index in [1.54, 1.807) is 4.90 Å². The highest BCUT2D eigenvalue weighted by Gasteiger charge is 2.19. The number of carbonyl (C=O) groups excluding carboxylic acids is 1. The minimum absolute atomic E-state index is 0.0190. The number of ether oxygens (including phenoxy) is 1. The number of hydrogen-bond donors (Lipinski definition) is 2. The van der Waals surface area contributed by atoms with Gasteiger partial charge in [0, 0.05) is 30.2 Å². The van der Waals surface area contributed by atoms with Crippen LogP contribution in [-0.4, -0.2) is 43.7 Å². The summed E-state index contributed by atoms with van der Waals surface area (Å²) in [5, 5.41) is 6.81. The molecule has 1 saturated heterocycles. The molecule has 21 heavy (non-hydrogen) atoms. The highest BCUT2D eigenvalue weighted by molar-refractivity contribution is 6.31. The maximum Gasteiger partial charge on any atom is 0.317 e. The molecule has 6 heteroatoms. The summed E-state index contributed by atoms with van der Waals surface area (Å²) in [4.78, 5) is 13.2. The van der Waals surface area contributed by atoms with Gasteiger partial charge in [-0.3, -0.25) is 0 Å². The SMILES string of the molecule is CCCNCc1c(Cl)cccc1OCCN1CCNC1=O. The van der Waals surface area contributed by atoms with E-state index in [1.807, 2.05) is 18.2 Å². The maximum absolute atomic E-state index is 11.4. The molecule has 0 unspecified atom stereocenters. The monoisotopic (exact) mass is 311 g/mol. The van der Waals surface area contributed by atoms with Crippen molar-refractivity contribution in [2.24, 2.45) is 0 Å². The molecule has 0 atom stereocenters. The smallest absolute Gasteiger partial charge is 0.317 e. The Morgan fingerprint density at radius 1 is 1.48 bits per heavy atom. The first-order chi connectivity index (χ1) is 10.2. The molecular formula is C15H22ClN3O2. The quantitative estimate of drug-likeness (QED) is 0.724. The fourth-order valence-electron chi connectivity index (χ4n) is 2.23. The summed E-state index contributed by atoms with van der Waals surface area (Å²) in [6.45, 7) is 6.25. The van der Waals surface area contributed by atoms with Crippen molar-refractivity contribution in [3.05, 3.63) is 28.8 Å².